The van der Waals surface area contributed by atoms with Gasteiger partial charge in [-0.1, -0.05) is 25.5 Å². The van der Waals surface area contributed by atoms with E-state index in [9.17, 15) is 8.42 Å². The van der Waals surface area contributed by atoms with Crippen LogP contribution in [0.5, 0.6) is 0 Å². The van der Waals surface area contributed by atoms with Crippen LogP contribution in [0, 0.1) is 5.92 Å². The second-order valence-electron chi connectivity index (χ2n) is 5.25. The van der Waals surface area contributed by atoms with Gasteiger partial charge in [-0.25, -0.2) is 8.42 Å². The lowest BCUT2D eigenvalue weighted by Gasteiger charge is -2.21. The fourth-order valence-corrected chi connectivity index (χ4v) is 4.39. The minimum absolute atomic E-state index is 0.262. The molecule has 1 aliphatic heterocycles. The van der Waals surface area contributed by atoms with Crippen molar-refractivity contribution in [2.75, 3.05) is 18.5 Å². The molecule has 0 bridgehead atoms. The van der Waals surface area contributed by atoms with Crippen molar-refractivity contribution in [3.8, 4) is 0 Å². The summed E-state index contributed by atoms with van der Waals surface area (Å²) >= 11 is 0. The number of hydrogen-bond donors (Lipinski definition) is 2. The minimum Gasteiger partial charge on any atom is -0.323 e. The van der Waals surface area contributed by atoms with Crippen LogP contribution in [0.1, 0.15) is 32.6 Å². The number of hydrazine groups is 1. The number of benzene rings is 1. The van der Waals surface area contributed by atoms with Gasteiger partial charge in [0.2, 0.25) is 10.0 Å². The van der Waals surface area contributed by atoms with Crippen LogP contribution in [0.2, 0.25) is 0 Å². The molecule has 1 fully saturated rings. The van der Waals surface area contributed by atoms with Gasteiger partial charge in [0.1, 0.15) is 4.90 Å². The van der Waals surface area contributed by atoms with Gasteiger partial charge in [-0.3, -0.25) is 5.84 Å². The fraction of sp³-hybridized carbons (Fsp3) is 0.571. The molecule has 20 heavy (non-hydrogen) atoms. The van der Waals surface area contributed by atoms with Gasteiger partial charge < -0.3 is 5.43 Å². The number of nitrogen functional groups attached to an aromatic ring is 1. The number of rotatable bonds is 4. The Kier molecular flexibility index (Phi) is 5.01. The molecule has 0 aliphatic carbocycles. The summed E-state index contributed by atoms with van der Waals surface area (Å²) in [5, 5.41) is 0. The zero-order valence-electron chi connectivity index (χ0n) is 11.9. The molecule has 1 aromatic carbocycles. The van der Waals surface area contributed by atoms with Crippen molar-refractivity contribution < 1.29 is 8.42 Å². The predicted molar refractivity (Wildman–Crippen MR) is 80.6 cm³/mol. The molecule has 0 aromatic heterocycles. The summed E-state index contributed by atoms with van der Waals surface area (Å²) in [6.07, 6.45) is 4.10. The van der Waals surface area contributed by atoms with Crippen molar-refractivity contribution in [2.24, 2.45) is 11.8 Å². The van der Waals surface area contributed by atoms with Crippen molar-refractivity contribution in [3.05, 3.63) is 24.3 Å². The van der Waals surface area contributed by atoms with Crippen molar-refractivity contribution in [3.63, 3.8) is 0 Å². The number of sulfonamides is 1. The summed E-state index contributed by atoms with van der Waals surface area (Å²) in [5.41, 5.74) is 2.92. The van der Waals surface area contributed by atoms with Crippen LogP contribution in [-0.4, -0.2) is 25.8 Å². The summed E-state index contributed by atoms with van der Waals surface area (Å²) in [4.78, 5) is 0.262. The van der Waals surface area contributed by atoms with Crippen LogP contribution in [0.25, 0.3) is 0 Å². The van der Waals surface area contributed by atoms with Gasteiger partial charge in [-0.2, -0.15) is 4.31 Å². The molecule has 0 amide bonds. The molecule has 1 heterocycles. The molecule has 5 nitrogen and oxygen atoms in total. The van der Waals surface area contributed by atoms with E-state index in [1.165, 1.54) is 0 Å². The largest absolute Gasteiger partial charge is 0.323 e. The first-order chi connectivity index (χ1) is 9.59. The molecule has 2 rings (SSSR count). The van der Waals surface area contributed by atoms with Crippen molar-refractivity contribution >= 4 is 15.7 Å². The summed E-state index contributed by atoms with van der Waals surface area (Å²) in [5.74, 6) is 6.06. The van der Waals surface area contributed by atoms with E-state index >= 15 is 0 Å². The Morgan fingerprint density at radius 3 is 2.75 bits per heavy atom. The number of hydrogen-bond acceptors (Lipinski definition) is 4. The lowest BCUT2D eigenvalue weighted by molar-refractivity contribution is 0.407. The molecule has 1 saturated heterocycles. The monoisotopic (exact) mass is 297 g/mol. The highest BCUT2D eigenvalue weighted by atomic mass is 32.2. The SMILES string of the molecule is CCC1CCCN(S(=O)(=O)c2ccccc2NN)CC1. The zero-order chi connectivity index (χ0) is 14.6. The molecule has 0 spiro atoms. The maximum atomic E-state index is 12.7. The quantitative estimate of drug-likeness (QED) is 0.660. The Bertz CT molecular complexity index is 545. The highest BCUT2D eigenvalue weighted by Crippen LogP contribution is 2.28. The Labute approximate surface area is 121 Å². The molecule has 112 valence electrons. The van der Waals surface area contributed by atoms with Gasteiger partial charge >= 0.3 is 0 Å². The first-order valence-corrected chi connectivity index (χ1v) is 8.59. The highest BCUT2D eigenvalue weighted by molar-refractivity contribution is 7.89. The van der Waals surface area contributed by atoms with Gasteiger partial charge in [0.25, 0.3) is 0 Å². The Morgan fingerprint density at radius 2 is 2.05 bits per heavy atom. The summed E-state index contributed by atoms with van der Waals surface area (Å²) in [6.45, 7) is 3.36. The lowest BCUT2D eigenvalue weighted by atomic mass is 9.98. The molecule has 1 atom stereocenters. The van der Waals surface area contributed by atoms with Crippen LogP contribution in [0.3, 0.4) is 0 Å². The van der Waals surface area contributed by atoms with Gasteiger partial charge in [0.15, 0.2) is 0 Å². The van der Waals surface area contributed by atoms with Gasteiger partial charge in [-0.05, 0) is 37.3 Å². The predicted octanol–water partition coefficient (Wildman–Crippen LogP) is 2.17. The highest BCUT2D eigenvalue weighted by Gasteiger charge is 2.28. The minimum atomic E-state index is -3.47. The average molecular weight is 297 g/mol. The normalized spacial score (nSPS) is 21.4. The molecule has 1 aromatic rings. The standard InChI is InChI=1S/C14H23N3O2S/c1-2-12-6-5-10-17(11-9-12)20(18,19)14-8-4-3-7-13(14)16-15/h3-4,7-8,12,16H,2,5-6,9-11,15H2,1H3. The number of para-hydroxylation sites is 1. The first-order valence-electron chi connectivity index (χ1n) is 7.15. The first kappa shape index (κ1) is 15.3. The molecule has 1 aliphatic rings. The van der Waals surface area contributed by atoms with E-state index in [0.29, 0.717) is 24.7 Å². The van der Waals surface area contributed by atoms with E-state index < -0.39 is 10.0 Å². The average Bonchev–Trinajstić information content (AvgIpc) is 2.73. The van der Waals surface area contributed by atoms with Crippen molar-refractivity contribution in [2.45, 2.75) is 37.5 Å². The van der Waals surface area contributed by atoms with Gasteiger partial charge in [0, 0.05) is 13.1 Å². The maximum Gasteiger partial charge on any atom is 0.245 e. The smallest absolute Gasteiger partial charge is 0.245 e. The lowest BCUT2D eigenvalue weighted by Crippen LogP contribution is -2.32. The Balaban J connectivity index is 2.26. The van der Waals surface area contributed by atoms with E-state index in [2.05, 4.69) is 12.3 Å². The van der Waals surface area contributed by atoms with E-state index in [1.807, 2.05) is 0 Å². The number of nitrogens with zero attached hydrogens (tertiary/aromatic N) is 1. The van der Waals surface area contributed by atoms with Gasteiger partial charge in [0.05, 0.1) is 5.69 Å². The van der Waals surface area contributed by atoms with E-state index in [-0.39, 0.29) is 4.90 Å². The van der Waals surface area contributed by atoms with Crippen LogP contribution in [0.4, 0.5) is 5.69 Å². The third-order valence-corrected chi connectivity index (χ3v) is 6.00. The van der Waals surface area contributed by atoms with Crippen molar-refractivity contribution in [1.29, 1.82) is 0 Å². The van der Waals surface area contributed by atoms with Crippen LogP contribution < -0.4 is 11.3 Å². The van der Waals surface area contributed by atoms with E-state index in [0.717, 1.165) is 25.7 Å². The molecular formula is C14H23N3O2S. The summed E-state index contributed by atoms with van der Waals surface area (Å²) in [7, 11) is -3.47. The Hall–Kier alpha value is -1.11. The molecule has 0 radical (unpaired) electrons. The fourth-order valence-electron chi connectivity index (χ4n) is 2.74. The number of nitrogens with two attached hydrogens (primary N) is 1. The second-order valence-corrected chi connectivity index (χ2v) is 7.16. The molecule has 6 heteroatoms. The van der Waals surface area contributed by atoms with Crippen LogP contribution in [-0.2, 0) is 10.0 Å². The second kappa shape index (κ2) is 6.56. The third-order valence-electron chi connectivity index (χ3n) is 4.04. The number of nitrogens with one attached hydrogen (secondary N) is 1. The van der Waals surface area contributed by atoms with Crippen LogP contribution in [0.15, 0.2) is 29.2 Å². The Morgan fingerprint density at radius 1 is 1.30 bits per heavy atom. The van der Waals surface area contributed by atoms with E-state index in [1.54, 1.807) is 28.6 Å². The molecule has 1 unspecified atom stereocenters. The van der Waals surface area contributed by atoms with Gasteiger partial charge in [-0.15, -0.1) is 0 Å². The van der Waals surface area contributed by atoms with E-state index in [4.69, 9.17) is 5.84 Å². The maximum absolute atomic E-state index is 12.7. The zero-order valence-corrected chi connectivity index (χ0v) is 12.7. The summed E-state index contributed by atoms with van der Waals surface area (Å²) < 4.78 is 27.1. The van der Waals surface area contributed by atoms with Crippen LogP contribution >= 0.6 is 0 Å². The molecular weight excluding hydrogens is 274 g/mol. The van der Waals surface area contributed by atoms with Crippen molar-refractivity contribution in [1.82, 2.24) is 4.31 Å². The third kappa shape index (κ3) is 3.13. The molecule has 3 N–H and O–H groups in total. The summed E-state index contributed by atoms with van der Waals surface area (Å²) in [6, 6.07) is 6.77. The molecule has 0 saturated carbocycles. The topological polar surface area (TPSA) is 75.4 Å². The number of anilines is 1.